The van der Waals surface area contributed by atoms with Gasteiger partial charge in [0.2, 0.25) is 3.42 Å². The molecule has 0 amide bonds. The Bertz CT molecular complexity index is 325. The molecule has 0 aliphatic carbocycles. The number of alkyl halides is 2. The Morgan fingerprint density at radius 1 is 1.80 bits per heavy atom. The summed E-state index contributed by atoms with van der Waals surface area (Å²) in [5.74, 6) is -0.529. The zero-order valence-electron chi connectivity index (χ0n) is 7.91. The van der Waals surface area contributed by atoms with Crippen LogP contribution in [0, 0.1) is 0 Å². The van der Waals surface area contributed by atoms with Gasteiger partial charge in [0.1, 0.15) is 0 Å². The number of halogens is 2. The minimum Gasteiger partial charge on any atom is -0.433 e. The number of nitrogens with one attached hydrogen (secondary N) is 1. The molecule has 1 aromatic rings. The number of hydrogen-bond acceptors (Lipinski definition) is 4. The predicted octanol–water partition coefficient (Wildman–Crippen LogP) is 1.78. The molecule has 1 rings (SSSR count). The average molecular weight is 342 g/mol. The molecule has 0 spiro atoms. The summed E-state index contributed by atoms with van der Waals surface area (Å²) in [6.45, 7) is 1.60. The van der Waals surface area contributed by atoms with Gasteiger partial charge in [-0.15, -0.1) is 0 Å². The van der Waals surface area contributed by atoms with Gasteiger partial charge in [-0.2, -0.15) is 5.10 Å². The molecule has 0 aromatic carbocycles. The molecule has 0 bridgehead atoms. The normalized spacial score (nSPS) is 13.6. The van der Waals surface area contributed by atoms with E-state index in [0.717, 1.165) is 0 Å². The molecule has 0 unspecified atom stereocenters. The van der Waals surface area contributed by atoms with Crippen LogP contribution in [0.4, 0.5) is 0 Å². The summed E-state index contributed by atoms with van der Waals surface area (Å²) in [5, 5.41) is 15.3. The van der Waals surface area contributed by atoms with Crippen LogP contribution in [-0.2, 0) is 4.74 Å². The number of hydrogen-bond donors (Lipinski definition) is 2. The second-order valence-corrected chi connectivity index (χ2v) is 6.69. The molecule has 5 nitrogen and oxygen atoms in total. The van der Waals surface area contributed by atoms with Crippen LogP contribution < -0.4 is 0 Å². The number of carbonyl (C=O) groups is 1. The van der Waals surface area contributed by atoms with Crippen LogP contribution in [0.15, 0.2) is 12.4 Å². The van der Waals surface area contributed by atoms with Crippen LogP contribution in [0.3, 0.4) is 0 Å². The Morgan fingerprint density at radius 2 is 2.47 bits per heavy atom. The first-order valence-corrected chi connectivity index (χ1v) is 5.77. The number of ether oxygens (including phenoxy) is 1. The van der Waals surface area contributed by atoms with Crippen molar-refractivity contribution in [3.63, 3.8) is 0 Å². The van der Waals surface area contributed by atoms with Crippen molar-refractivity contribution < 1.29 is 14.6 Å². The molecule has 2 N–H and O–H groups in total. The lowest BCUT2D eigenvalue weighted by Crippen LogP contribution is -2.25. The molecule has 0 radical (unpaired) electrons. The van der Waals surface area contributed by atoms with E-state index in [1.165, 1.54) is 12.4 Å². The highest BCUT2D eigenvalue weighted by molar-refractivity contribution is 9.25. The van der Waals surface area contributed by atoms with Gasteiger partial charge in [-0.1, -0.05) is 0 Å². The molecular weight excluding hydrogens is 332 g/mol. The van der Waals surface area contributed by atoms with E-state index in [1.54, 1.807) is 6.92 Å². The molecular formula is C8H10Br2N2O3. The second-order valence-electron chi connectivity index (χ2n) is 3.07. The molecule has 0 aliphatic rings. The van der Waals surface area contributed by atoms with E-state index in [9.17, 15) is 4.79 Å². The molecule has 1 atom stereocenters. The highest BCUT2D eigenvalue weighted by Gasteiger charge is 2.30. The van der Waals surface area contributed by atoms with Crippen molar-refractivity contribution in [3.05, 3.63) is 18.0 Å². The maximum absolute atomic E-state index is 11.5. The van der Waals surface area contributed by atoms with Crippen molar-refractivity contribution in [1.29, 1.82) is 0 Å². The number of H-pyrrole nitrogens is 1. The zero-order valence-corrected chi connectivity index (χ0v) is 11.1. The molecule has 7 heteroatoms. The first kappa shape index (κ1) is 12.7. The Balaban J connectivity index is 2.58. The third-order valence-electron chi connectivity index (χ3n) is 1.51. The lowest BCUT2D eigenvalue weighted by Gasteiger charge is -2.21. The minimum absolute atomic E-state index is 0.233. The van der Waals surface area contributed by atoms with Crippen LogP contribution in [0.1, 0.15) is 23.7 Å². The summed E-state index contributed by atoms with van der Waals surface area (Å²) in [4.78, 5) is 11.5. The minimum atomic E-state index is -1.05. The molecule has 1 heterocycles. The monoisotopic (exact) mass is 340 g/mol. The first-order valence-electron chi connectivity index (χ1n) is 4.19. The number of esters is 1. The van der Waals surface area contributed by atoms with Crippen molar-refractivity contribution in [1.82, 2.24) is 10.2 Å². The summed E-state index contributed by atoms with van der Waals surface area (Å²) < 4.78 is 4.01. The summed E-state index contributed by atoms with van der Waals surface area (Å²) in [6.07, 6.45) is 2.43. The highest BCUT2D eigenvalue weighted by Crippen LogP contribution is 2.33. The van der Waals surface area contributed by atoms with E-state index in [2.05, 4.69) is 42.1 Å². The molecule has 84 valence electrons. The summed E-state index contributed by atoms with van der Waals surface area (Å²) in [6, 6.07) is 0. The average Bonchev–Trinajstić information content (AvgIpc) is 2.50. The van der Waals surface area contributed by atoms with Gasteiger partial charge >= 0.3 is 5.97 Å². The topological polar surface area (TPSA) is 75.2 Å². The molecule has 0 fully saturated rings. The number of aliphatic hydroxyl groups is 1. The zero-order chi connectivity index (χ0) is 11.5. The fraction of sp³-hybridized carbons (Fsp3) is 0.500. The van der Waals surface area contributed by atoms with Gasteiger partial charge in [0.15, 0.2) is 0 Å². The molecule has 0 saturated heterocycles. The van der Waals surface area contributed by atoms with Crippen molar-refractivity contribution in [2.45, 2.75) is 22.9 Å². The molecule has 15 heavy (non-hydrogen) atoms. The van der Waals surface area contributed by atoms with Crippen LogP contribution in [0.25, 0.3) is 0 Å². The van der Waals surface area contributed by atoms with Gasteiger partial charge in [0.25, 0.3) is 0 Å². The maximum atomic E-state index is 11.5. The Labute approximate surface area is 103 Å². The number of nitrogens with zero attached hydrogens (tertiary/aromatic N) is 1. The summed E-state index contributed by atoms with van der Waals surface area (Å²) in [5.41, 5.74) is 0.323. The SMILES string of the molecule is C[C@@H](O)CC(Br)(Br)OC(=O)c1cn[nH]c1. The quantitative estimate of drug-likeness (QED) is 0.646. The Kier molecular flexibility index (Phi) is 4.30. The fourth-order valence-electron chi connectivity index (χ4n) is 0.943. The van der Waals surface area contributed by atoms with Gasteiger partial charge in [-0.25, -0.2) is 4.79 Å². The van der Waals surface area contributed by atoms with Gasteiger partial charge in [-0.05, 0) is 38.8 Å². The van der Waals surface area contributed by atoms with Crippen LogP contribution in [0.2, 0.25) is 0 Å². The van der Waals surface area contributed by atoms with Crippen molar-refractivity contribution in [2.24, 2.45) is 0 Å². The highest BCUT2D eigenvalue weighted by atomic mass is 79.9. The third kappa shape index (κ3) is 4.31. The first-order chi connectivity index (χ1) is 6.91. The Morgan fingerprint density at radius 3 is 2.93 bits per heavy atom. The number of aliphatic hydroxyl groups excluding tert-OH is 1. The molecule has 0 aliphatic heterocycles. The van der Waals surface area contributed by atoms with E-state index in [1.807, 2.05) is 0 Å². The van der Waals surface area contributed by atoms with E-state index in [0.29, 0.717) is 5.56 Å². The van der Waals surface area contributed by atoms with E-state index < -0.39 is 15.5 Å². The van der Waals surface area contributed by atoms with Crippen LogP contribution >= 0.6 is 31.9 Å². The van der Waals surface area contributed by atoms with Crippen molar-refractivity contribution in [3.8, 4) is 0 Å². The lowest BCUT2D eigenvalue weighted by atomic mass is 10.3. The number of aromatic nitrogens is 2. The second kappa shape index (κ2) is 5.09. The van der Waals surface area contributed by atoms with Gasteiger partial charge in [0.05, 0.1) is 17.9 Å². The number of rotatable bonds is 4. The Hall–Kier alpha value is -0.400. The smallest absolute Gasteiger partial charge is 0.343 e. The maximum Gasteiger partial charge on any atom is 0.343 e. The standard InChI is InChI=1S/C8H10Br2N2O3/c1-5(13)2-8(9,10)15-7(14)6-3-11-12-4-6/h3-5,13H,2H2,1H3,(H,11,12)/t5-/m1/s1. The molecule has 1 aromatic heterocycles. The van der Waals surface area contributed by atoms with E-state index >= 15 is 0 Å². The van der Waals surface area contributed by atoms with Crippen molar-refractivity contribution in [2.75, 3.05) is 0 Å². The number of carbonyl (C=O) groups excluding carboxylic acids is 1. The van der Waals surface area contributed by atoms with Crippen LogP contribution in [0.5, 0.6) is 0 Å². The molecule has 0 saturated carbocycles. The van der Waals surface area contributed by atoms with Gasteiger partial charge < -0.3 is 9.84 Å². The number of aromatic amines is 1. The largest absolute Gasteiger partial charge is 0.433 e. The lowest BCUT2D eigenvalue weighted by molar-refractivity contribution is 0.0336. The van der Waals surface area contributed by atoms with Gasteiger partial charge in [-0.3, -0.25) is 5.10 Å². The van der Waals surface area contributed by atoms with E-state index in [4.69, 9.17) is 9.84 Å². The third-order valence-corrected chi connectivity index (χ3v) is 2.48. The van der Waals surface area contributed by atoms with Crippen LogP contribution in [-0.4, -0.2) is 30.8 Å². The van der Waals surface area contributed by atoms with E-state index in [-0.39, 0.29) is 6.42 Å². The van der Waals surface area contributed by atoms with Gasteiger partial charge in [0, 0.05) is 12.6 Å². The summed E-state index contributed by atoms with van der Waals surface area (Å²) >= 11 is 6.30. The predicted molar refractivity (Wildman–Crippen MR) is 60.9 cm³/mol. The van der Waals surface area contributed by atoms with Crippen molar-refractivity contribution >= 4 is 37.8 Å². The summed E-state index contributed by atoms with van der Waals surface area (Å²) in [7, 11) is 0. The fourth-order valence-corrected chi connectivity index (χ4v) is 2.17.